The molecule has 1 aromatic heterocycles. The number of aromatic nitrogens is 2. The maximum Gasteiger partial charge on any atom is 0.0932 e. The molecule has 0 radical (unpaired) electrons. The molecule has 0 spiro atoms. The highest BCUT2D eigenvalue weighted by Gasteiger charge is 2.06. The van der Waals surface area contributed by atoms with E-state index in [4.69, 9.17) is 0 Å². The summed E-state index contributed by atoms with van der Waals surface area (Å²) in [6.45, 7) is 4.20. The molecule has 1 heterocycles. The molecular weight excluding hydrogens is 220 g/mol. The maximum atomic E-state index is 4.53. The Kier molecular flexibility index (Phi) is 2.44. The zero-order valence-corrected chi connectivity index (χ0v) is 10.9. The predicted molar refractivity (Wildman–Crippen MR) is 75.6 cm³/mol. The van der Waals surface area contributed by atoms with Gasteiger partial charge in [-0.25, -0.2) is 0 Å². The van der Waals surface area contributed by atoms with Crippen LogP contribution in [0.1, 0.15) is 11.3 Å². The molecule has 0 aliphatic rings. The summed E-state index contributed by atoms with van der Waals surface area (Å²) in [5.74, 6) is 0. The normalized spacial score (nSPS) is 11.1. The summed E-state index contributed by atoms with van der Waals surface area (Å²) < 4.78 is 1.93. The number of rotatable bonds is 1. The lowest BCUT2D eigenvalue weighted by Crippen LogP contribution is -1.91. The average molecular weight is 236 g/mol. The van der Waals surface area contributed by atoms with Gasteiger partial charge in [-0.15, -0.1) is 0 Å². The van der Waals surface area contributed by atoms with Crippen LogP contribution in [-0.2, 0) is 7.05 Å². The summed E-state index contributed by atoms with van der Waals surface area (Å²) in [7, 11) is 1.99. The molecule has 0 N–H and O–H groups in total. The number of aryl methyl sites for hydroxylation is 3. The van der Waals surface area contributed by atoms with Crippen molar-refractivity contribution in [2.24, 2.45) is 7.05 Å². The molecule has 2 heteroatoms. The van der Waals surface area contributed by atoms with Crippen LogP contribution < -0.4 is 0 Å². The highest BCUT2D eigenvalue weighted by molar-refractivity contribution is 5.86. The molecule has 2 aromatic carbocycles. The van der Waals surface area contributed by atoms with Gasteiger partial charge in [0.25, 0.3) is 0 Å². The quantitative estimate of drug-likeness (QED) is 0.627. The molecule has 90 valence electrons. The van der Waals surface area contributed by atoms with Crippen molar-refractivity contribution in [3.63, 3.8) is 0 Å². The summed E-state index contributed by atoms with van der Waals surface area (Å²) in [6.07, 6.45) is 0. The first-order chi connectivity index (χ1) is 8.65. The van der Waals surface area contributed by atoms with Gasteiger partial charge in [-0.05, 0) is 31.0 Å². The van der Waals surface area contributed by atoms with Crippen molar-refractivity contribution < 1.29 is 0 Å². The fraction of sp³-hybridized carbons (Fsp3) is 0.188. The molecule has 0 fully saturated rings. The van der Waals surface area contributed by atoms with Crippen LogP contribution in [0.4, 0.5) is 0 Å². The topological polar surface area (TPSA) is 17.8 Å². The van der Waals surface area contributed by atoms with Gasteiger partial charge in [0.1, 0.15) is 0 Å². The second-order valence-electron chi connectivity index (χ2n) is 4.81. The minimum absolute atomic E-state index is 1.06. The van der Waals surface area contributed by atoms with Crippen molar-refractivity contribution in [3.05, 3.63) is 53.7 Å². The van der Waals surface area contributed by atoms with Crippen molar-refractivity contribution in [2.45, 2.75) is 13.8 Å². The third-order valence-corrected chi connectivity index (χ3v) is 3.52. The van der Waals surface area contributed by atoms with Crippen molar-refractivity contribution in [2.75, 3.05) is 0 Å². The SMILES string of the molecule is Cc1ccc(-c2ccc3c(C)n(C)nc3c2)cc1. The van der Waals surface area contributed by atoms with Crippen molar-refractivity contribution in [1.29, 1.82) is 0 Å². The fourth-order valence-electron chi connectivity index (χ4n) is 2.26. The number of fused-ring (bicyclic) bond motifs is 1. The molecule has 2 nitrogen and oxygen atoms in total. The molecule has 0 saturated heterocycles. The van der Waals surface area contributed by atoms with E-state index in [-0.39, 0.29) is 0 Å². The molecule has 0 aliphatic carbocycles. The van der Waals surface area contributed by atoms with Gasteiger partial charge in [-0.2, -0.15) is 5.10 Å². The number of benzene rings is 2. The summed E-state index contributed by atoms with van der Waals surface area (Å²) in [5, 5.41) is 5.76. The summed E-state index contributed by atoms with van der Waals surface area (Å²) in [6, 6.07) is 15.1. The van der Waals surface area contributed by atoms with Crippen LogP contribution in [-0.4, -0.2) is 9.78 Å². The first-order valence-corrected chi connectivity index (χ1v) is 6.15. The Hall–Kier alpha value is -2.09. The molecular formula is C16H16N2. The van der Waals surface area contributed by atoms with Crippen LogP contribution in [0, 0.1) is 13.8 Å². The Bertz CT molecular complexity index is 706. The smallest absolute Gasteiger partial charge is 0.0932 e. The third-order valence-electron chi connectivity index (χ3n) is 3.52. The Labute approximate surface area is 107 Å². The van der Waals surface area contributed by atoms with Crippen LogP contribution in [0.25, 0.3) is 22.0 Å². The highest BCUT2D eigenvalue weighted by atomic mass is 15.3. The first kappa shape index (κ1) is 11.0. The van der Waals surface area contributed by atoms with E-state index in [0.717, 1.165) is 5.52 Å². The average Bonchev–Trinajstić information content (AvgIpc) is 2.65. The predicted octanol–water partition coefficient (Wildman–Crippen LogP) is 3.86. The number of nitrogens with zero attached hydrogens (tertiary/aromatic N) is 2. The van der Waals surface area contributed by atoms with Crippen molar-refractivity contribution in [1.82, 2.24) is 9.78 Å². The van der Waals surface area contributed by atoms with E-state index in [1.807, 2.05) is 11.7 Å². The van der Waals surface area contributed by atoms with E-state index in [0.29, 0.717) is 0 Å². The summed E-state index contributed by atoms with van der Waals surface area (Å²) in [5.41, 5.74) is 6.02. The molecule has 0 amide bonds. The lowest BCUT2D eigenvalue weighted by atomic mass is 10.0. The number of hydrogen-bond acceptors (Lipinski definition) is 1. The van der Waals surface area contributed by atoms with E-state index < -0.39 is 0 Å². The van der Waals surface area contributed by atoms with Gasteiger partial charge in [0, 0.05) is 18.1 Å². The molecule has 0 saturated carbocycles. The highest BCUT2D eigenvalue weighted by Crippen LogP contribution is 2.25. The van der Waals surface area contributed by atoms with Gasteiger partial charge in [0.05, 0.1) is 5.52 Å². The van der Waals surface area contributed by atoms with E-state index in [1.165, 1.54) is 27.8 Å². The molecule has 3 aromatic rings. The monoisotopic (exact) mass is 236 g/mol. The zero-order chi connectivity index (χ0) is 12.7. The van der Waals surface area contributed by atoms with Gasteiger partial charge in [0.15, 0.2) is 0 Å². The van der Waals surface area contributed by atoms with Gasteiger partial charge >= 0.3 is 0 Å². The second-order valence-corrected chi connectivity index (χ2v) is 4.81. The van der Waals surface area contributed by atoms with Crippen LogP contribution in [0.2, 0.25) is 0 Å². The second kappa shape index (κ2) is 3.98. The van der Waals surface area contributed by atoms with Gasteiger partial charge < -0.3 is 0 Å². The van der Waals surface area contributed by atoms with Crippen LogP contribution in [0.3, 0.4) is 0 Å². The minimum atomic E-state index is 1.06. The van der Waals surface area contributed by atoms with Crippen LogP contribution >= 0.6 is 0 Å². The van der Waals surface area contributed by atoms with Gasteiger partial charge in [-0.1, -0.05) is 42.0 Å². The zero-order valence-electron chi connectivity index (χ0n) is 10.9. The molecule has 0 atom stereocenters. The summed E-state index contributed by atoms with van der Waals surface area (Å²) >= 11 is 0. The van der Waals surface area contributed by atoms with Gasteiger partial charge in [0.2, 0.25) is 0 Å². The lowest BCUT2D eigenvalue weighted by Gasteiger charge is -2.02. The largest absolute Gasteiger partial charge is 0.272 e. The van der Waals surface area contributed by atoms with Gasteiger partial charge in [-0.3, -0.25) is 4.68 Å². The maximum absolute atomic E-state index is 4.53. The Morgan fingerprint density at radius 3 is 2.28 bits per heavy atom. The Morgan fingerprint density at radius 2 is 1.56 bits per heavy atom. The molecule has 3 rings (SSSR count). The van der Waals surface area contributed by atoms with E-state index >= 15 is 0 Å². The van der Waals surface area contributed by atoms with Crippen LogP contribution in [0.15, 0.2) is 42.5 Å². The fourth-order valence-corrected chi connectivity index (χ4v) is 2.26. The van der Waals surface area contributed by atoms with E-state index in [9.17, 15) is 0 Å². The third kappa shape index (κ3) is 1.70. The van der Waals surface area contributed by atoms with E-state index in [2.05, 4.69) is 61.4 Å². The van der Waals surface area contributed by atoms with Crippen molar-refractivity contribution >= 4 is 10.9 Å². The van der Waals surface area contributed by atoms with Crippen molar-refractivity contribution in [3.8, 4) is 11.1 Å². The lowest BCUT2D eigenvalue weighted by molar-refractivity contribution is 0.751. The van der Waals surface area contributed by atoms with Crippen LogP contribution in [0.5, 0.6) is 0 Å². The first-order valence-electron chi connectivity index (χ1n) is 6.15. The molecule has 18 heavy (non-hydrogen) atoms. The minimum Gasteiger partial charge on any atom is -0.272 e. The molecule has 0 aliphatic heterocycles. The molecule has 0 unspecified atom stereocenters. The summed E-state index contributed by atoms with van der Waals surface area (Å²) in [4.78, 5) is 0. The molecule has 0 bridgehead atoms. The Morgan fingerprint density at radius 1 is 0.889 bits per heavy atom. The van der Waals surface area contributed by atoms with E-state index in [1.54, 1.807) is 0 Å². The Balaban J connectivity index is 2.16. The number of hydrogen-bond donors (Lipinski definition) is 0. The standard InChI is InChI=1S/C16H16N2/c1-11-4-6-13(7-5-11)14-8-9-15-12(2)18(3)17-16(15)10-14/h4-10H,1-3H3.